The van der Waals surface area contributed by atoms with Crippen molar-refractivity contribution in [1.82, 2.24) is 15.0 Å². The maximum atomic E-state index is 6.11. The van der Waals surface area contributed by atoms with Crippen molar-refractivity contribution in [3.05, 3.63) is 175 Å². The van der Waals surface area contributed by atoms with Gasteiger partial charge >= 0.3 is 0 Å². The highest BCUT2D eigenvalue weighted by atomic mass is 16.3. The average Bonchev–Trinajstić information content (AvgIpc) is 3.69. The first kappa shape index (κ1) is 30.2. The zero-order valence-electron chi connectivity index (χ0n) is 28.8. The van der Waals surface area contributed by atoms with Crippen LogP contribution >= 0.6 is 0 Å². The Morgan fingerprint density at radius 3 is 1.92 bits per heavy atom. The second kappa shape index (κ2) is 11.7. The Bertz CT molecular complexity index is 2810. The van der Waals surface area contributed by atoms with Crippen LogP contribution in [0.3, 0.4) is 0 Å². The van der Waals surface area contributed by atoms with Crippen molar-refractivity contribution >= 4 is 21.9 Å². The lowest BCUT2D eigenvalue weighted by Gasteiger charge is -2.22. The summed E-state index contributed by atoms with van der Waals surface area (Å²) in [6, 6.07) is 55.3. The van der Waals surface area contributed by atoms with Crippen LogP contribution in [-0.2, 0) is 5.41 Å². The maximum absolute atomic E-state index is 6.11. The van der Waals surface area contributed by atoms with Gasteiger partial charge < -0.3 is 4.42 Å². The third kappa shape index (κ3) is 4.95. The zero-order chi connectivity index (χ0) is 34.8. The number of fused-ring (bicyclic) bond motifs is 6. The molecule has 0 aliphatic heterocycles. The first-order chi connectivity index (χ1) is 25.5. The van der Waals surface area contributed by atoms with Gasteiger partial charge in [-0.05, 0) is 87.0 Å². The molecule has 0 atom stereocenters. The van der Waals surface area contributed by atoms with Crippen LogP contribution in [-0.4, -0.2) is 15.0 Å². The van der Waals surface area contributed by atoms with Crippen LogP contribution in [0.2, 0.25) is 0 Å². The summed E-state index contributed by atoms with van der Waals surface area (Å²) in [5.74, 6) is 0.583. The van der Waals surface area contributed by atoms with Crippen molar-refractivity contribution in [1.29, 1.82) is 0 Å². The normalized spacial score (nSPS) is 13.0. The van der Waals surface area contributed by atoms with E-state index in [2.05, 4.69) is 135 Å². The van der Waals surface area contributed by atoms with Gasteiger partial charge in [-0.1, -0.05) is 129 Å². The minimum atomic E-state index is -0.120. The van der Waals surface area contributed by atoms with Crippen molar-refractivity contribution < 1.29 is 4.42 Å². The lowest BCUT2D eigenvalue weighted by Crippen LogP contribution is -2.14. The molecule has 0 bridgehead atoms. The SMILES string of the molecule is CC1(C)c2ccccc2-c2ccc(-c3cc(-c4ccc(-c5ccccc5)cc4)nc(-c4cc(-c5ccc6oc7ccccc7c6c5)ccn4)n3)cc21. The van der Waals surface area contributed by atoms with E-state index in [1.807, 2.05) is 42.6 Å². The summed E-state index contributed by atoms with van der Waals surface area (Å²) in [6.07, 6.45) is 1.85. The van der Waals surface area contributed by atoms with E-state index in [1.165, 1.54) is 27.8 Å². The van der Waals surface area contributed by atoms with Crippen molar-refractivity contribution in [2.75, 3.05) is 0 Å². The van der Waals surface area contributed by atoms with Gasteiger partial charge in [0.15, 0.2) is 5.82 Å². The van der Waals surface area contributed by atoms with Gasteiger partial charge in [0, 0.05) is 33.5 Å². The summed E-state index contributed by atoms with van der Waals surface area (Å²) < 4.78 is 6.11. The van der Waals surface area contributed by atoms with Gasteiger partial charge in [-0.2, -0.15) is 0 Å². The number of aromatic nitrogens is 3. The van der Waals surface area contributed by atoms with Crippen LogP contribution in [0.5, 0.6) is 0 Å². The zero-order valence-corrected chi connectivity index (χ0v) is 28.8. The summed E-state index contributed by atoms with van der Waals surface area (Å²) in [7, 11) is 0. The molecule has 1 aliphatic carbocycles. The molecule has 10 rings (SSSR count). The lowest BCUT2D eigenvalue weighted by atomic mass is 9.82. The van der Waals surface area contributed by atoms with E-state index < -0.39 is 0 Å². The first-order valence-corrected chi connectivity index (χ1v) is 17.7. The molecule has 4 heteroatoms. The van der Waals surface area contributed by atoms with Gasteiger partial charge in [0.05, 0.1) is 11.4 Å². The molecule has 0 saturated heterocycles. The highest BCUT2D eigenvalue weighted by Gasteiger charge is 2.35. The van der Waals surface area contributed by atoms with E-state index in [-0.39, 0.29) is 5.41 Å². The van der Waals surface area contributed by atoms with Crippen LogP contribution in [0.15, 0.2) is 168 Å². The molecule has 0 N–H and O–H groups in total. The minimum Gasteiger partial charge on any atom is -0.456 e. The topological polar surface area (TPSA) is 51.8 Å². The molecule has 3 heterocycles. The van der Waals surface area contributed by atoms with E-state index in [0.29, 0.717) is 11.5 Å². The number of nitrogens with zero attached hydrogens (tertiary/aromatic N) is 3. The van der Waals surface area contributed by atoms with Crippen LogP contribution in [0.25, 0.3) is 89.4 Å². The Morgan fingerprint density at radius 1 is 0.423 bits per heavy atom. The fourth-order valence-corrected chi connectivity index (χ4v) is 7.82. The third-order valence-corrected chi connectivity index (χ3v) is 10.6. The van der Waals surface area contributed by atoms with E-state index in [0.717, 1.165) is 61.1 Å². The predicted molar refractivity (Wildman–Crippen MR) is 212 cm³/mol. The van der Waals surface area contributed by atoms with Gasteiger partial charge in [-0.3, -0.25) is 4.98 Å². The van der Waals surface area contributed by atoms with Crippen LogP contribution in [0.4, 0.5) is 0 Å². The third-order valence-electron chi connectivity index (χ3n) is 10.6. The van der Waals surface area contributed by atoms with Crippen molar-refractivity contribution in [2.24, 2.45) is 0 Å². The number of hydrogen-bond donors (Lipinski definition) is 0. The van der Waals surface area contributed by atoms with Gasteiger partial charge in [0.25, 0.3) is 0 Å². The Labute approximate surface area is 302 Å². The number of pyridine rings is 1. The molecular weight excluding hydrogens is 635 g/mol. The summed E-state index contributed by atoms with van der Waals surface area (Å²) in [6.45, 7) is 4.62. The van der Waals surface area contributed by atoms with Crippen LogP contribution in [0, 0.1) is 0 Å². The minimum absolute atomic E-state index is 0.120. The van der Waals surface area contributed by atoms with Crippen LogP contribution < -0.4 is 0 Å². The van der Waals surface area contributed by atoms with E-state index in [1.54, 1.807) is 0 Å². The van der Waals surface area contributed by atoms with Crippen molar-refractivity contribution in [3.63, 3.8) is 0 Å². The number of para-hydroxylation sites is 1. The van der Waals surface area contributed by atoms with E-state index in [9.17, 15) is 0 Å². The van der Waals surface area contributed by atoms with E-state index >= 15 is 0 Å². The highest BCUT2D eigenvalue weighted by molar-refractivity contribution is 6.06. The molecule has 0 spiro atoms. The number of benzene rings is 6. The monoisotopic (exact) mass is 667 g/mol. The Hall–Kier alpha value is -6.65. The number of furan rings is 1. The van der Waals surface area contributed by atoms with Gasteiger partial charge in [0.1, 0.15) is 16.9 Å². The second-order valence-corrected chi connectivity index (χ2v) is 14.1. The molecule has 6 aromatic carbocycles. The molecule has 246 valence electrons. The Morgan fingerprint density at radius 2 is 1.06 bits per heavy atom. The Kier molecular flexibility index (Phi) is 6.80. The van der Waals surface area contributed by atoms with E-state index in [4.69, 9.17) is 19.4 Å². The molecule has 0 fully saturated rings. The predicted octanol–water partition coefficient (Wildman–Crippen LogP) is 12.4. The summed E-state index contributed by atoms with van der Waals surface area (Å²) in [5, 5.41) is 2.20. The fourth-order valence-electron chi connectivity index (χ4n) is 7.82. The largest absolute Gasteiger partial charge is 0.456 e. The molecule has 4 nitrogen and oxygen atoms in total. The molecule has 0 amide bonds. The summed E-state index contributed by atoms with van der Waals surface area (Å²) >= 11 is 0. The van der Waals surface area contributed by atoms with Gasteiger partial charge in [0.2, 0.25) is 0 Å². The highest BCUT2D eigenvalue weighted by Crippen LogP contribution is 2.49. The molecule has 0 saturated carbocycles. The molecule has 52 heavy (non-hydrogen) atoms. The quantitative estimate of drug-likeness (QED) is 0.183. The Balaban J connectivity index is 1.10. The smallest absolute Gasteiger partial charge is 0.179 e. The number of rotatable bonds is 5. The molecule has 0 radical (unpaired) electrons. The molecule has 1 aliphatic rings. The summed E-state index contributed by atoms with van der Waals surface area (Å²) in [5.41, 5.74) is 15.9. The first-order valence-electron chi connectivity index (χ1n) is 17.7. The van der Waals surface area contributed by atoms with Crippen LogP contribution in [0.1, 0.15) is 25.0 Å². The molecule has 9 aromatic rings. The maximum Gasteiger partial charge on any atom is 0.179 e. The summed E-state index contributed by atoms with van der Waals surface area (Å²) in [4.78, 5) is 15.2. The van der Waals surface area contributed by atoms with Gasteiger partial charge in [-0.15, -0.1) is 0 Å². The fraction of sp³-hybridized carbons (Fsp3) is 0.0625. The molecule has 0 unspecified atom stereocenters. The average molecular weight is 668 g/mol. The second-order valence-electron chi connectivity index (χ2n) is 14.1. The van der Waals surface area contributed by atoms with Crippen molar-refractivity contribution in [3.8, 4) is 67.4 Å². The number of hydrogen-bond acceptors (Lipinski definition) is 4. The lowest BCUT2D eigenvalue weighted by molar-refractivity contribution is 0.660. The van der Waals surface area contributed by atoms with Gasteiger partial charge in [-0.25, -0.2) is 9.97 Å². The molecule has 3 aromatic heterocycles. The standard InChI is InChI=1S/C48H33N3O/c1-48(2)40-14-8-6-12-36(40)37-22-20-35(27-41(37)48)43-29-42(32-18-16-31(17-19-32)30-10-4-3-5-11-30)50-47(51-43)44-28-34(24-25-49-44)33-21-23-46-39(26-33)38-13-7-9-15-45(38)52-46/h3-29H,1-2H3. The van der Waals surface area contributed by atoms with Crippen molar-refractivity contribution in [2.45, 2.75) is 19.3 Å². The molecular formula is C48H33N3O.